The monoisotopic (exact) mass is 232 g/mol. The van der Waals surface area contributed by atoms with E-state index in [0.29, 0.717) is 5.41 Å². The quantitative estimate of drug-likeness (QED) is 0.503. The van der Waals surface area contributed by atoms with E-state index in [1.165, 1.54) is 50.5 Å². The van der Waals surface area contributed by atoms with Gasteiger partial charge in [0.05, 0.1) is 0 Å². The fourth-order valence-corrected chi connectivity index (χ4v) is 2.38. The molecule has 0 aliphatic heterocycles. The van der Waals surface area contributed by atoms with Gasteiger partial charge in [-0.1, -0.05) is 89.6 Å². The first kappa shape index (κ1) is 14.3. The van der Waals surface area contributed by atoms with E-state index < -0.39 is 0 Å². The van der Waals surface area contributed by atoms with Crippen LogP contribution < -0.4 is 0 Å². The first-order chi connectivity index (χ1) is 8.17. The lowest BCUT2D eigenvalue weighted by Crippen LogP contribution is -2.16. The Morgan fingerprint density at radius 1 is 0.824 bits per heavy atom. The van der Waals surface area contributed by atoms with Gasteiger partial charge in [0.15, 0.2) is 0 Å². The molecular weight excluding hydrogens is 204 g/mol. The second-order valence-corrected chi connectivity index (χ2v) is 5.77. The molecule has 0 heteroatoms. The van der Waals surface area contributed by atoms with Crippen LogP contribution in [0.5, 0.6) is 0 Å². The molecule has 0 aromatic heterocycles. The third-order valence-electron chi connectivity index (χ3n) is 3.71. The van der Waals surface area contributed by atoms with Crippen LogP contribution in [0.2, 0.25) is 0 Å². The largest absolute Gasteiger partial charge is 0.0654 e. The normalized spacial score (nSPS) is 11.7. The Balaban J connectivity index is 2.26. The average Bonchev–Trinajstić information content (AvgIpc) is 2.35. The van der Waals surface area contributed by atoms with E-state index in [2.05, 4.69) is 51.1 Å². The van der Waals surface area contributed by atoms with Gasteiger partial charge in [-0.3, -0.25) is 0 Å². The molecular formula is C17H28. The van der Waals surface area contributed by atoms with Crippen LogP contribution in [0.15, 0.2) is 30.3 Å². The van der Waals surface area contributed by atoms with Crippen molar-refractivity contribution in [1.29, 1.82) is 0 Å². The molecule has 0 N–H and O–H groups in total. The van der Waals surface area contributed by atoms with Crippen LogP contribution in [-0.2, 0) is 5.41 Å². The minimum atomic E-state index is 0.339. The maximum atomic E-state index is 2.37. The zero-order valence-corrected chi connectivity index (χ0v) is 11.8. The predicted molar refractivity (Wildman–Crippen MR) is 77.5 cm³/mol. The highest BCUT2D eigenvalue weighted by molar-refractivity contribution is 5.23. The lowest BCUT2D eigenvalue weighted by molar-refractivity contribution is 0.442. The first-order valence-corrected chi connectivity index (χ1v) is 7.22. The van der Waals surface area contributed by atoms with E-state index >= 15 is 0 Å². The van der Waals surface area contributed by atoms with E-state index in [0.717, 1.165) is 0 Å². The topological polar surface area (TPSA) is 0 Å². The fraction of sp³-hybridized carbons (Fsp3) is 0.647. The molecule has 0 radical (unpaired) electrons. The van der Waals surface area contributed by atoms with Crippen molar-refractivity contribution in [3.8, 4) is 0 Å². The number of unbranched alkanes of at least 4 members (excludes halogenated alkanes) is 5. The van der Waals surface area contributed by atoms with Crippen molar-refractivity contribution in [3.05, 3.63) is 35.9 Å². The molecule has 0 bridgehead atoms. The van der Waals surface area contributed by atoms with Gasteiger partial charge in [-0.25, -0.2) is 0 Å². The van der Waals surface area contributed by atoms with Crippen molar-refractivity contribution >= 4 is 0 Å². The molecule has 0 saturated heterocycles. The minimum absolute atomic E-state index is 0.339. The van der Waals surface area contributed by atoms with E-state index in [1.807, 2.05) is 0 Å². The van der Waals surface area contributed by atoms with Crippen LogP contribution in [0.1, 0.15) is 71.3 Å². The van der Waals surface area contributed by atoms with Gasteiger partial charge in [0, 0.05) is 0 Å². The highest BCUT2D eigenvalue weighted by Crippen LogP contribution is 2.29. The van der Waals surface area contributed by atoms with E-state index in [4.69, 9.17) is 0 Å². The summed E-state index contributed by atoms with van der Waals surface area (Å²) in [5.41, 5.74) is 1.82. The Hall–Kier alpha value is -0.780. The smallest absolute Gasteiger partial charge is 0.0104 e. The van der Waals surface area contributed by atoms with E-state index in [1.54, 1.807) is 0 Å². The zero-order chi connectivity index (χ0) is 12.6. The molecule has 0 saturated carbocycles. The summed E-state index contributed by atoms with van der Waals surface area (Å²) in [6, 6.07) is 10.9. The summed E-state index contributed by atoms with van der Waals surface area (Å²) in [5.74, 6) is 0. The summed E-state index contributed by atoms with van der Waals surface area (Å²) in [4.78, 5) is 0. The van der Waals surface area contributed by atoms with Crippen LogP contribution in [0.25, 0.3) is 0 Å². The van der Waals surface area contributed by atoms with Gasteiger partial charge in [-0.05, 0) is 17.4 Å². The Morgan fingerprint density at radius 2 is 1.41 bits per heavy atom. The van der Waals surface area contributed by atoms with Gasteiger partial charge >= 0.3 is 0 Å². The third-order valence-corrected chi connectivity index (χ3v) is 3.71. The minimum Gasteiger partial charge on any atom is -0.0654 e. The Morgan fingerprint density at radius 3 is 2.06 bits per heavy atom. The van der Waals surface area contributed by atoms with Gasteiger partial charge in [0.2, 0.25) is 0 Å². The Kier molecular flexibility index (Phi) is 6.32. The Bertz CT molecular complexity index is 284. The van der Waals surface area contributed by atoms with Crippen molar-refractivity contribution in [2.24, 2.45) is 0 Å². The zero-order valence-electron chi connectivity index (χ0n) is 11.8. The highest BCUT2D eigenvalue weighted by atomic mass is 14.2. The van der Waals surface area contributed by atoms with Crippen molar-refractivity contribution in [3.63, 3.8) is 0 Å². The van der Waals surface area contributed by atoms with E-state index in [9.17, 15) is 0 Å². The maximum Gasteiger partial charge on any atom is -0.0104 e. The van der Waals surface area contributed by atoms with Gasteiger partial charge in [0.1, 0.15) is 0 Å². The number of hydrogen-bond acceptors (Lipinski definition) is 0. The SMILES string of the molecule is CCCCCCCCC(C)(C)c1ccccc1. The maximum absolute atomic E-state index is 2.37. The van der Waals surface area contributed by atoms with Crippen molar-refractivity contribution < 1.29 is 0 Å². The lowest BCUT2D eigenvalue weighted by atomic mass is 9.80. The average molecular weight is 232 g/mol. The van der Waals surface area contributed by atoms with Crippen molar-refractivity contribution in [1.82, 2.24) is 0 Å². The van der Waals surface area contributed by atoms with Crippen LogP contribution in [0.3, 0.4) is 0 Å². The molecule has 0 fully saturated rings. The molecule has 0 aliphatic carbocycles. The summed E-state index contributed by atoms with van der Waals surface area (Å²) in [7, 11) is 0. The molecule has 96 valence electrons. The molecule has 1 rings (SSSR count). The van der Waals surface area contributed by atoms with Crippen LogP contribution in [-0.4, -0.2) is 0 Å². The predicted octanol–water partition coefficient (Wildman–Crippen LogP) is 5.71. The molecule has 0 aliphatic rings. The van der Waals surface area contributed by atoms with Gasteiger partial charge in [0.25, 0.3) is 0 Å². The second kappa shape index (κ2) is 7.53. The highest BCUT2D eigenvalue weighted by Gasteiger charge is 2.19. The number of benzene rings is 1. The lowest BCUT2D eigenvalue weighted by Gasteiger charge is -2.25. The van der Waals surface area contributed by atoms with Crippen molar-refractivity contribution in [2.45, 2.75) is 71.1 Å². The van der Waals surface area contributed by atoms with E-state index in [-0.39, 0.29) is 0 Å². The van der Waals surface area contributed by atoms with Crippen LogP contribution in [0, 0.1) is 0 Å². The van der Waals surface area contributed by atoms with Gasteiger partial charge in [-0.2, -0.15) is 0 Å². The standard InChI is InChI=1S/C17H28/c1-4-5-6-7-8-12-15-17(2,3)16-13-10-9-11-14-16/h9-11,13-14H,4-8,12,15H2,1-3H3. The number of rotatable bonds is 8. The fourth-order valence-electron chi connectivity index (χ4n) is 2.38. The summed E-state index contributed by atoms with van der Waals surface area (Å²) in [6.07, 6.45) is 9.66. The second-order valence-electron chi connectivity index (χ2n) is 5.77. The Labute approximate surface area is 107 Å². The molecule has 0 unspecified atom stereocenters. The first-order valence-electron chi connectivity index (χ1n) is 7.22. The molecule has 0 spiro atoms. The molecule has 0 amide bonds. The summed E-state index contributed by atoms with van der Waals surface area (Å²) >= 11 is 0. The van der Waals surface area contributed by atoms with Gasteiger partial charge < -0.3 is 0 Å². The molecule has 17 heavy (non-hydrogen) atoms. The molecule has 0 nitrogen and oxygen atoms in total. The summed E-state index contributed by atoms with van der Waals surface area (Å²) in [5, 5.41) is 0. The molecule has 0 atom stereocenters. The van der Waals surface area contributed by atoms with Crippen LogP contribution >= 0.6 is 0 Å². The summed E-state index contributed by atoms with van der Waals surface area (Å²) in [6.45, 7) is 7.02. The molecule has 1 aromatic rings. The molecule has 0 heterocycles. The van der Waals surface area contributed by atoms with Crippen LogP contribution in [0.4, 0.5) is 0 Å². The van der Waals surface area contributed by atoms with Crippen molar-refractivity contribution in [2.75, 3.05) is 0 Å². The third kappa shape index (κ3) is 5.39. The number of hydrogen-bond donors (Lipinski definition) is 0. The molecule has 1 aromatic carbocycles. The summed E-state index contributed by atoms with van der Waals surface area (Å²) < 4.78 is 0. The van der Waals surface area contributed by atoms with Gasteiger partial charge in [-0.15, -0.1) is 0 Å².